The van der Waals surface area contributed by atoms with Crippen molar-refractivity contribution in [2.24, 2.45) is 0 Å². The number of rotatable bonds is 11. The Morgan fingerprint density at radius 3 is 2.00 bits per heavy atom. The minimum atomic E-state index is -4.19. The van der Waals surface area contributed by atoms with Gasteiger partial charge in [0.2, 0.25) is 11.8 Å². The first kappa shape index (κ1) is 30.5. The molecule has 0 aliphatic carbocycles. The fourth-order valence-corrected chi connectivity index (χ4v) is 5.49. The molecule has 3 aromatic carbocycles. The average Bonchev–Trinajstić information content (AvgIpc) is 2.93. The van der Waals surface area contributed by atoms with Crippen LogP contribution in [0.15, 0.2) is 83.8 Å². The predicted octanol–water partition coefficient (Wildman–Crippen LogP) is 4.23. The number of hydrogen-bond donors (Lipinski definition) is 1. The van der Waals surface area contributed by atoms with Crippen LogP contribution in [0, 0.1) is 0 Å². The molecule has 3 aromatic rings. The Balaban J connectivity index is 2.07. The van der Waals surface area contributed by atoms with E-state index in [1.165, 1.54) is 37.3 Å². The summed E-state index contributed by atoms with van der Waals surface area (Å²) in [4.78, 5) is 28.6. The van der Waals surface area contributed by atoms with Crippen LogP contribution in [-0.4, -0.2) is 57.5 Å². The van der Waals surface area contributed by atoms with E-state index in [0.717, 1.165) is 9.87 Å². The smallest absolute Gasteiger partial charge is 0.264 e. The maximum Gasteiger partial charge on any atom is 0.264 e. The summed E-state index contributed by atoms with van der Waals surface area (Å²) in [5.41, 5.74) is 0.492. The molecule has 0 aromatic heterocycles. The number of hydrogen-bond acceptors (Lipinski definition) is 6. The number of carbonyl (C=O) groups is 2. The van der Waals surface area contributed by atoms with E-state index in [2.05, 4.69) is 5.32 Å². The first-order valence-electron chi connectivity index (χ1n) is 12.8. The van der Waals surface area contributed by atoms with E-state index in [1.807, 2.05) is 51.1 Å². The highest BCUT2D eigenvalue weighted by Gasteiger charge is 2.33. The lowest BCUT2D eigenvalue weighted by Gasteiger charge is -2.33. The van der Waals surface area contributed by atoms with E-state index in [4.69, 9.17) is 9.47 Å². The summed E-state index contributed by atoms with van der Waals surface area (Å²) >= 11 is 0. The minimum Gasteiger partial charge on any atom is -0.493 e. The Kier molecular flexibility index (Phi) is 9.81. The summed E-state index contributed by atoms with van der Waals surface area (Å²) in [5.74, 6) is -0.178. The molecule has 1 N–H and O–H groups in total. The molecule has 40 heavy (non-hydrogen) atoms. The highest BCUT2D eigenvalue weighted by atomic mass is 32.2. The zero-order chi connectivity index (χ0) is 29.5. The lowest BCUT2D eigenvalue weighted by Crippen LogP contribution is -2.54. The molecule has 0 radical (unpaired) electrons. The Morgan fingerprint density at radius 1 is 0.875 bits per heavy atom. The number of nitrogens with one attached hydrogen (secondary N) is 1. The van der Waals surface area contributed by atoms with Gasteiger partial charge in [-0.15, -0.1) is 0 Å². The maximum atomic E-state index is 14.0. The molecule has 0 saturated carbocycles. The fraction of sp³-hybridized carbons (Fsp3) is 0.333. The molecule has 0 heterocycles. The van der Waals surface area contributed by atoms with Crippen molar-refractivity contribution in [2.75, 3.05) is 25.1 Å². The summed E-state index contributed by atoms with van der Waals surface area (Å²) in [6.45, 7) is 6.76. The molecule has 214 valence electrons. The summed E-state index contributed by atoms with van der Waals surface area (Å²) in [7, 11) is -1.26. The summed E-state index contributed by atoms with van der Waals surface area (Å²) in [6.07, 6.45) is 0. The second kappa shape index (κ2) is 12.9. The molecule has 0 aliphatic rings. The quantitative estimate of drug-likeness (QED) is 0.372. The van der Waals surface area contributed by atoms with Crippen LogP contribution in [-0.2, 0) is 26.2 Å². The van der Waals surface area contributed by atoms with Gasteiger partial charge in [0.15, 0.2) is 11.5 Å². The van der Waals surface area contributed by atoms with Crippen LogP contribution in [0.4, 0.5) is 5.69 Å². The largest absolute Gasteiger partial charge is 0.493 e. The lowest BCUT2D eigenvalue weighted by atomic mass is 10.1. The normalized spacial score (nSPS) is 12.2. The number of carbonyl (C=O) groups excluding carboxylic acids is 2. The molecular weight excluding hydrogens is 530 g/mol. The van der Waals surface area contributed by atoms with Crippen LogP contribution in [0.25, 0.3) is 0 Å². The van der Waals surface area contributed by atoms with Gasteiger partial charge in [-0.1, -0.05) is 48.5 Å². The predicted molar refractivity (Wildman–Crippen MR) is 155 cm³/mol. The van der Waals surface area contributed by atoms with Gasteiger partial charge in [0.1, 0.15) is 12.6 Å². The van der Waals surface area contributed by atoms with Gasteiger partial charge >= 0.3 is 0 Å². The monoisotopic (exact) mass is 567 g/mol. The maximum absolute atomic E-state index is 14.0. The first-order valence-corrected chi connectivity index (χ1v) is 14.3. The van der Waals surface area contributed by atoms with Crippen LogP contribution in [0.2, 0.25) is 0 Å². The topological polar surface area (TPSA) is 105 Å². The molecule has 0 aliphatic heterocycles. The fourth-order valence-electron chi connectivity index (χ4n) is 4.07. The van der Waals surface area contributed by atoms with Gasteiger partial charge in [0.05, 0.1) is 24.8 Å². The van der Waals surface area contributed by atoms with Gasteiger partial charge in [-0.2, -0.15) is 0 Å². The van der Waals surface area contributed by atoms with Crippen LogP contribution >= 0.6 is 0 Å². The zero-order valence-electron chi connectivity index (χ0n) is 23.7. The molecule has 0 saturated heterocycles. The standard InChI is InChI=1S/C30H37N3O6S/c1-22(29(35)31-30(2,3)4)32(20-23-13-9-7-10-14-23)28(34)21-33(40(36,37)25-15-11-8-12-16-25)24-17-18-26(38-5)27(19-24)39-6/h7-19,22H,20-21H2,1-6H3,(H,31,35)/t22-/m1/s1. The van der Waals surface area contributed by atoms with Gasteiger partial charge in [-0.25, -0.2) is 8.42 Å². The molecule has 0 fully saturated rings. The van der Waals surface area contributed by atoms with E-state index in [9.17, 15) is 18.0 Å². The highest BCUT2D eigenvalue weighted by molar-refractivity contribution is 7.92. The van der Waals surface area contributed by atoms with Gasteiger partial charge in [0.25, 0.3) is 10.0 Å². The van der Waals surface area contributed by atoms with Gasteiger partial charge in [-0.05, 0) is 57.5 Å². The van der Waals surface area contributed by atoms with Crippen molar-refractivity contribution in [1.29, 1.82) is 0 Å². The van der Waals surface area contributed by atoms with E-state index >= 15 is 0 Å². The van der Waals surface area contributed by atoms with Crippen LogP contribution in [0.3, 0.4) is 0 Å². The molecule has 9 nitrogen and oxygen atoms in total. The molecule has 1 atom stereocenters. The summed E-state index contributed by atoms with van der Waals surface area (Å²) in [5, 5.41) is 2.91. The second-order valence-electron chi connectivity index (χ2n) is 10.3. The third-order valence-corrected chi connectivity index (χ3v) is 7.91. The minimum absolute atomic E-state index is 0.0192. The van der Waals surface area contributed by atoms with Crippen LogP contribution in [0.1, 0.15) is 33.3 Å². The van der Waals surface area contributed by atoms with Crippen molar-refractivity contribution in [3.05, 3.63) is 84.4 Å². The SMILES string of the molecule is COc1ccc(N(CC(=O)N(Cc2ccccc2)[C@H](C)C(=O)NC(C)(C)C)S(=O)(=O)c2ccccc2)cc1OC. The molecular formula is C30H37N3O6S. The number of methoxy groups -OCH3 is 2. The Bertz CT molecular complexity index is 1410. The van der Waals surface area contributed by atoms with Gasteiger partial charge in [0, 0.05) is 18.2 Å². The van der Waals surface area contributed by atoms with Crippen molar-refractivity contribution in [2.45, 2.75) is 50.7 Å². The average molecular weight is 568 g/mol. The Morgan fingerprint density at radius 2 is 1.45 bits per heavy atom. The van der Waals surface area contributed by atoms with Crippen molar-refractivity contribution in [3.8, 4) is 11.5 Å². The van der Waals surface area contributed by atoms with Crippen molar-refractivity contribution >= 4 is 27.5 Å². The number of benzene rings is 3. The van der Waals surface area contributed by atoms with E-state index < -0.39 is 34.1 Å². The lowest BCUT2D eigenvalue weighted by molar-refractivity contribution is -0.140. The molecule has 2 amide bonds. The van der Waals surface area contributed by atoms with E-state index in [-0.39, 0.29) is 23.0 Å². The molecule has 0 bridgehead atoms. The number of anilines is 1. The first-order chi connectivity index (χ1) is 18.9. The highest BCUT2D eigenvalue weighted by Crippen LogP contribution is 2.34. The van der Waals surface area contributed by atoms with Gasteiger partial charge in [-0.3, -0.25) is 13.9 Å². The third-order valence-electron chi connectivity index (χ3n) is 6.13. The second-order valence-corrected chi connectivity index (χ2v) is 12.1. The molecule has 0 unspecified atom stereocenters. The van der Waals surface area contributed by atoms with Gasteiger partial charge < -0.3 is 19.7 Å². The van der Waals surface area contributed by atoms with Crippen LogP contribution < -0.4 is 19.1 Å². The van der Waals surface area contributed by atoms with E-state index in [1.54, 1.807) is 37.3 Å². The summed E-state index contributed by atoms with van der Waals surface area (Å²) < 4.78 is 39.5. The molecule has 0 spiro atoms. The van der Waals surface area contributed by atoms with Crippen molar-refractivity contribution < 1.29 is 27.5 Å². The van der Waals surface area contributed by atoms with E-state index in [0.29, 0.717) is 11.5 Å². The van der Waals surface area contributed by atoms with Crippen LogP contribution in [0.5, 0.6) is 11.5 Å². The Labute approximate surface area is 236 Å². The number of sulfonamides is 1. The molecule has 10 heteroatoms. The summed E-state index contributed by atoms with van der Waals surface area (Å²) in [6, 6.07) is 20.9. The number of amides is 2. The molecule has 3 rings (SSSR count). The van der Waals surface area contributed by atoms with Crippen molar-refractivity contribution in [1.82, 2.24) is 10.2 Å². The third kappa shape index (κ3) is 7.53. The zero-order valence-corrected chi connectivity index (χ0v) is 24.6. The number of ether oxygens (including phenoxy) is 2. The number of nitrogens with zero attached hydrogens (tertiary/aromatic N) is 2. The Hall–Kier alpha value is -4.05. The van der Waals surface area contributed by atoms with Crippen molar-refractivity contribution in [3.63, 3.8) is 0 Å².